The maximum atomic E-state index is 12.7. The topological polar surface area (TPSA) is 111 Å². The number of nitrogen functional groups attached to an aromatic ring is 1. The monoisotopic (exact) mass is 468 g/mol. The number of benzene rings is 2. The van der Waals surface area contributed by atoms with Gasteiger partial charge in [-0.05, 0) is 55.7 Å². The molecule has 0 unspecified atom stereocenters. The van der Waals surface area contributed by atoms with Crippen LogP contribution in [0.5, 0.6) is 0 Å². The van der Waals surface area contributed by atoms with Crippen LogP contribution in [-0.4, -0.2) is 53.9 Å². The van der Waals surface area contributed by atoms with Gasteiger partial charge in [0.1, 0.15) is 5.84 Å². The van der Waals surface area contributed by atoms with E-state index < -0.39 is 5.97 Å². The van der Waals surface area contributed by atoms with Gasteiger partial charge in [-0.15, -0.1) is 12.4 Å². The first-order valence-corrected chi connectivity index (χ1v) is 10.6. The lowest BCUT2D eigenvalue weighted by atomic mass is 10.0. The zero-order chi connectivity index (χ0) is 23.1. The van der Waals surface area contributed by atoms with E-state index >= 15 is 0 Å². The summed E-state index contributed by atoms with van der Waals surface area (Å²) in [6.45, 7) is 4.16. The number of hydrogen-bond acceptors (Lipinski definition) is 4. The summed E-state index contributed by atoms with van der Waals surface area (Å²) in [6.07, 6.45) is 2.09. The second-order valence-electron chi connectivity index (χ2n) is 7.86. The number of nitrogens with one attached hydrogen (secondary N) is 1. The first kappa shape index (κ1) is 25.8. The number of nitrogens with two attached hydrogens (primary N) is 1. The highest BCUT2D eigenvalue weighted by molar-refractivity contribution is 5.96. The third kappa shape index (κ3) is 6.99. The molecule has 0 aliphatic carbocycles. The molecule has 2 aromatic rings. The van der Waals surface area contributed by atoms with E-state index in [2.05, 4.69) is 11.8 Å². The molecule has 3 rings (SSSR count). The highest BCUT2D eigenvalue weighted by Gasteiger charge is 2.20. The van der Waals surface area contributed by atoms with E-state index in [1.807, 2.05) is 41.0 Å². The Morgan fingerprint density at radius 2 is 1.91 bits per heavy atom. The van der Waals surface area contributed by atoms with Gasteiger partial charge in [-0.2, -0.15) is 0 Å². The van der Waals surface area contributed by atoms with E-state index in [0.717, 1.165) is 42.7 Å². The average molecular weight is 469 g/mol. The van der Waals surface area contributed by atoms with Gasteiger partial charge in [0.25, 0.3) is 5.91 Å². The number of likely N-dealkylation sites (tertiary alicyclic amines) is 1. The van der Waals surface area contributed by atoms with Crippen LogP contribution in [0.2, 0.25) is 0 Å². The molecule has 0 bridgehead atoms. The van der Waals surface area contributed by atoms with Gasteiger partial charge in [-0.1, -0.05) is 24.0 Å². The van der Waals surface area contributed by atoms with Crippen molar-refractivity contribution in [1.82, 2.24) is 4.90 Å². The van der Waals surface area contributed by atoms with Crippen molar-refractivity contribution in [2.75, 3.05) is 31.1 Å². The molecule has 0 saturated carbocycles. The van der Waals surface area contributed by atoms with Crippen LogP contribution in [0.25, 0.3) is 0 Å². The van der Waals surface area contributed by atoms with E-state index in [1.54, 1.807) is 18.2 Å². The molecule has 174 valence electrons. The quantitative estimate of drug-likeness (QED) is 0.328. The molecule has 1 aliphatic heterocycles. The van der Waals surface area contributed by atoms with Crippen molar-refractivity contribution in [3.8, 4) is 11.8 Å². The Kier molecular flexibility index (Phi) is 9.31. The van der Waals surface area contributed by atoms with Crippen LogP contribution in [-0.2, 0) is 4.79 Å². The van der Waals surface area contributed by atoms with Crippen molar-refractivity contribution < 1.29 is 14.7 Å². The Morgan fingerprint density at radius 3 is 2.55 bits per heavy atom. The molecule has 2 aromatic carbocycles. The van der Waals surface area contributed by atoms with Crippen LogP contribution in [0.4, 0.5) is 5.69 Å². The standard InChI is InChI=1S/C25H28N4O3.ClH/c1-18-16-19(9-10-22(18)25(32)29-12-2-3-13-29)6-5-14-28(15-11-23(30)31)21-8-4-7-20(17-21)24(26)27;/h4,7-10,16-17H,2-3,11-15H2,1H3,(H3,26,27)(H,30,31);1H. The number of nitrogens with zero attached hydrogens (tertiary/aromatic N) is 2. The number of carbonyl (C=O) groups is 2. The lowest BCUT2D eigenvalue weighted by molar-refractivity contribution is -0.136. The highest BCUT2D eigenvalue weighted by atomic mass is 35.5. The number of aliphatic carboxylic acids is 1. The summed E-state index contributed by atoms with van der Waals surface area (Å²) in [5, 5.41) is 16.7. The molecule has 7 nitrogen and oxygen atoms in total. The van der Waals surface area contributed by atoms with Crippen molar-refractivity contribution in [2.24, 2.45) is 5.73 Å². The smallest absolute Gasteiger partial charge is 0.305 e. The number of aryl methyl sites for hydroxylation is 1. The van der Waals surface area contributed by atoms with E-state index in [0.29, 0.717) is 17.7 Å². The normalized spacial score (nSPS) is 12.3. The van der Waals surface area contributed by atoms with E-state index in [4.69, 9.17) is 16.2 Å². The Bertz CT molecular complexity index is 1080. The number of carboxylic acids is 1. The summed E-state index contributed by atoms with van der Waals surface area (Å²) < 4.78 is 0. The maximum Gasteiger partial charge on any atom is 0.305 e. The Hall–Kier alpha value is -3.50. The number of hydrogen-bond donors (Lipinski definition) is 3. The molecule has 0 atom stereocenters. The molecule has 1 saturated heterocycles. The van der Waals surface area contributed by atoms with Crippen molar-refractivity contribution in [3.63, 3.8) is 0 Å². The summed E-state index contributed by atoms with van der Waals surface area (Å²) in [5.41, 5.74) is 9.32. The molecule has 1 aliphatic rings. The minimum absolute atomic E-state index is 0. The minimum atomic E-state index is -0.889. The first-order valence-electron chi connectivity index (χ1n) is 10.6. The summed E-state index contributed by atoms with van der Waals surface area (Å²) in [7, 11) is 0. The van der Waals surface area contributed by atoms with Gasteiger partial charge < -0.3 is 20.6 Å². The maximum absolute atomic E-state index is 12.7. The zero-order valence-corrected chi connectivity index (χ0v) is 19.5. The molecule has 1 fully saturated rings. The molecule has 0 spiro atoms. The van der Waals surface area contributed by atoms with Crippen molar-refractivity contribution in [1.29, 1.82) is 5.41 Å². The molecule has 1 heterocycles. The lowest BCUT2D eigenvalue weighted by Gasteiger charge is -2.22. The van der Waals surface area contributed by atoms with Crippen molar-refractivity contribution in [3.05, 3.63) is 64.7 Å². The Balaban J connectivity index is 0.00000385. The second kappa shape index (κ2) is 11.9. The summed E-state index contributed by atoms with van der Waals surface area (Å²) >= 11 is 0. The molecule has 0 radical (unpaired) electrons. The fourth-order valence-corrected chi connectivity index (χ4v) is 3.71. The number of halogens is 1. The van der Waals surface area contributed by atoms with Gasteiger partial charge in [0.15, 0.2) is 0 Å². The first-order chi connectivity index (χ1) is 15.3. The second-order valence-corrected chi connectivity index (χ2v) is 7.86. The van der Waals surface area contributed by atoms with Gasteiger partial charge in [0.05, 0.1) is 13.0 Å². The summed E-state index contributed by atoms with van der Waals surface area (Å²) in [4.78, 5) is 27.5. The number of anilines is 1. The lowest BCUT2D eigenvalue weighted by Crippen LogP contribution is -2.28. The number of carboxylic acid groups (broad SMARTS) is 1. The number of amidine groups is 1. The molecule has 0 aromatic heterocycles. The van der Waals surface area contributed by atoms with Gasteiger partial charge in [0, 0.05) is 42.0 Å². The van der Waals surface area contributed by atoms with Crippen LogP contribution in [0, 0.1) is 24.2 Å². The van der Waals surface area contributed by atoms with Crippen LogP contribution < -0.4 is 10.6 Å². The van der Waals surface area contributed by atoms with Gasteiger partial charge in [-0.3, -0.25) is 15.0 Å². The van der Waals surface area contributed by atoms with E-state index in [1.165, 1.54) is 0 Å². The fourth-order valence-electron chi connectivity index (χ4n) is 3.71. The predicted octanol–water partition coefficient (Wildman–Crippen LogP) is 3.27. The molecule has 8 heteroatoms. The third-order valence-electron chi connectivity index (χ3n) is 5.47. The average Bonchev–Trinajstić information content (AvgIpc) is 3.30. The number of amides is 1. The largest absolute Gasteiger partial charge is 0.481 e. The number of rotatable bonds is 7. The summed E-state index contributed by atoms with van der Waals surface area (Å²) in [5.74, 6) is 5.36. The molecule has 4 N–H and O–H groups in total. The van der Waals surface area contributed by atoms with Crippen LogP contribution >= 0.6 is 12.4 Å². The van der Waals surface area contributed by atoms with Crippen LogP contribution in [0.1, 0.15) is 46.3 Å². The van der Waals surface area contributed by atoms with Crippen LogP contribution in [0.15, 0.2) is 42.5 Å². The van der Waals surface area contributed by atoms with E-state index in [9.17, 15) is 9.59 Å². The molecule has 33 heavy (non-hydrogen) atoms. The minimum Gasteiger partial charge on any atom is -0.481 e. The predicted molar refractivity (Wildman–Crippen MR) is 132 cm³/mol. The van der Waals surface area contributed by atoms with Crippen molar-refractivity contribution in [2.45, 2.75) is 26.2 Å². The Morgan fingerprint density at radius 1 is 1.18 bits per heavy atom. The van der Waals surface area contributed by atoms with Crippen LogP contribution in [0.3, 0.4) is 0 Å². The van der Waals surface area contributed by atoms with Gasteiger partial charge >= 0.3 is 5.97 Å². The molecular formula is C25H29ClN4O3. The highest BCUT2D eigenvalue weighted by Crippen LogP contribution is 2.18. The van der Waals surface area contributed by atoms with Crippen molar-refractivity contribution >= 4 is 35.8 Å². The number of carbonyl (C=O) groups excluding carboxylic acids is 1. The summed E-state index contributed by atoms with van der Waals surface area (Å²) in [6, 6.07) is 12.7. The van der Waals surface area contributed by atoms with E-state index in [-0.39, 0.29) is 37.1 Å². The third-order valence-corrected chi connectivity index (χ3v) is 5.47. The molecular weight excluding hydrogens is 440 g/mol. The SMILES string of the molecule is Cc1cc(C#CCN(CCC(=O)O)c2cccc(C(=N)N)c2)ccc1C(=O)N1CCCC1.Cl. The zero-order valence-electron chi connectivity index (χ0n) is 18.6. The fraction of sp³-hybridized carbons (Fsp3) is 0.320. The van der Waals surface area contributed by atoms with Gasteiger partial charge in [0.2, 0.25) is 0 Å². The van der Waals surface area contributed by atoms with Gasteiger partial charge in [-0.25, -0.2) is 0 Å². The Labute approximate surface area is 200 Å². The molecule has 1 amide bonds.